The minimum Gasteiger partial charge on any atom is -0.409 e. The summed E-state index contributed by atoms with van der Waals surface area (Å²) in [5.41, 5.74) is 6.13. The number of nitrogens with one attached hydrogen (secondary N) is 1. The molecule has 1 unspecified atom stereocenters. The number of carbonyl (C=O) groups is 1. The Kier molecular flexibility index (Phi) is 5.29. The molecule has 4 N–H and O–H groups in total. The second-order valence-electron chi connectivity index (χ2n) is 4.36. The topological polar surface area (TPSA) is 87.7 Å². The van der Waals surface area contributed by atoms with E-state index < -0.39 is 11.7 Å². The van der Waals surface area contributed by atoms with Gasteiger partial charge in [0.25, 0.3) is 5.91 Å². The van der Waals surface area contributed by atoms with E-state index in [1.165, 1.54) is 12.1 Å². The van der Waals surface area contributed by atoms with Crippen LogP contribution < -0.4 is 11.1 Å². The number of rotatable bonds is 5. The van der Waals surface area contributed by atoms with Gasteiger partial charge < -0.3 is 16.3 Å². The number of amides is 1. The molecule has 1 amide bonds. The maximum absolute atomic E-state index is 13.6. The molecule has 0 spiro atoms. The van der Waals surface area contributed by atoms with E-state index >= 15 is 0 Å². The summed E-state index contributed by atoms with van der Waals surface area (Å²) in [5.74, 6) is -1.04. The van der Waals surface area contributed by atoms with Gasteiger partial charge in [0.05, 0.1) is 5.56 Å². The zero-order valence-corrected chi connectivity index (χ0v) is 11.0. The summed E-state index contributed by atoms with van der Waals surface area (Å²) in [4.78, 5) is 11.9. The molecule has 5 nitrogen and oxygen atoms in total. The van der Waals surface area contributed by atoms with E-state index in [4.69, 9.17) is 10.9 Å². The fourth-order valence-electron chi connectivity index (χ4n) is 1.66. The van der Waals surface area contributed by atoms with Crippen LogP contribution in [-0.4, -0.2) is 23.0 Å². The second-order valence-corrected chi connectivity index (χ2v) is 4.36. The van der Waals surface area contributed by atoms with Crippen molar-refractivity contribution in [2.75, 3.05) is 0 Å². The van der Waals surface area contributed by atoms with Crippen molar-refractivity contribution >= 4 is 11.7 Å². The highest BCUT2D eigenvalue weighted by Crippen LogP contribution is 2.10. The zero-order chi connectivity index (χ0) is 14.4. The van der Waals surface area contributed by atoms with E-state index in [0.717, 1.165) is 5.56 Å². The Hall–Kier alpha value is -2.11. The van der Waals surface area contributed by atoms with Crippen LogP contribution in [0.25, 0.3) is 0 Å². The van der Waals surface area contributed by atoms with Gasteiger partial charge in [-0.25, -0.2) is 4.39 Å². The molecule has 0 bridgehead atoms. The van der Waals surface area contributed by atoms with Gasteiger partial charge in [-0.15, -0.1) is 0 Å². The third-order valence-corrected chi connectivity index (χ3v) is 2.78. The Morgan fingerprint density at radius 1 is 1.58 bits per heavy atom. The van der Waals surface area contributed by atoms with Crippen molar-refractivity contribution in [1.29, 1.82) is 0 Å². The van der Waals surface area contributed by atoms with Gasteiger partial charge in [-0.2, -0.15) is 0 Å². The number of hydrogen-bond acceptors (Lipinski definition) is 3. The lowest BCUT2D eigenvalue weighted by Gasteiger charge is -2.16. The van der Waals surface area contributed by atoms with Gasteiger partial charge >= 0.3 is 0 Å². The van der Waals surface area contributed by atoms with Crippen LogP contribution in [0.3, 0.4) is 0 Å². The number of carbonyl (C=O) groups excluding carboxylic acids is 1. The highest BCUT2D eigenvalue weighted by molar-refractivity contribution is 5.95. The maximum Gasteiger partial charge on any atom is 0.254 e. The lowest BCUT2D eigenvalue weighted by molar-refractivity contribution is 0.0933. The van der Waals surface area contributed by atoms with E-state index in [0.29, 0.717) is 6.42 Å². The first-order valence-electron chi connectivity index (χ1n) is 6.01. The highest BCUT2D eigenvalue weighted by Gasteiger charge is 2.16. The summed E-state index contributed by atoms with van der Waals surface area (Å²) in [7, 11) is 0. The monoisotopic (exact) mass is 267 g/mol. The van der Waals surface area contributed by atoms with Crippen LogP contribution in [0, 0.1) is 12.7 Å². The van der Waals surface area contributed by atoms with Crippen LogP contribution in [0.15, 0.2) is 23.4 Å². The molecule has 1 aromatic carbocycles. The molecule has 0 radical (unpaired) electrons. The fraction of sp³-hybridized carbons (Fsp3) is 0.385. The Morgan fingerprint density at radius 3 is 2.79 bits per heavy atom. The Balaban J connectivity index is 2.77. The molecule has 0 aliphatic carbocycles. The quantitative estimate of drug-likeness (QED) is 0.329. The number of nitrogens with two attached hydrogens (primary N) is 1. The second kappa shape index (κ2) is 6.72. The number of aryl methyl sites for hydroxylation is 1. The minimum absolute atomic E-state index is 0.0106. The number of hydrogen-bond donors (Lipinski definition) is 3. The lowest BCUT2D eigenvalue weighted by Crippen LogP contribution is -2.37. The fourth-order valence-corrected chi connectivity index (χ4v) is 1.66. The molecule has 6 heteroatoms. The summed E-state index contributed by atoms with van der Waals surface area (Å²) in [6.45, 7) is 3.60. The smallest absolute Gasteiger partial charge is 0.254 e. The average molecular weight is 267 g/mol. The van der Waals surface area contributed by atoms with E-state index in [2.05, 4.69) is 10.5 Å². The van der Waals surface area contributed by atoms with E-state index in [-0.39, 0.29) is 23.9 Å². The van der Waals surface area contributed by atoms with Gasteiger partial charge in [-0.3, -0.25) is 4.79 Å². The van der Waals surface area contributed by atoms with Crippen molar-refractivity contribution in [3.8, 4) is 0 Å². The predicted octanol–water partition coefficient (Wildman–Crippen LogP) is 1.78. The molecule has 1 aromatic rings. The van der Waals surface area contributed by atoms with Gasteiger partial charge in [-0.05, 0) is 31.0 Å². The number of nitrogens with zero attached hydrogens (tertiary/aromatic N) is 1. The van der Waals surface area contributed by atoms with Gasteiger partial charge in [0, 0.05) is 12.5 Å². The summed E-state index contributed by atoms with van der Waals surface area (Å²) in [6.07, 6.45) is 0.807. The molecule has 0 aliphatic rings. The Bertz CT molecular complexity index is 489. The Morgan fingerprint density at radius 2 is 2.26 bits per heavy atom. The van der Waals surface area contributed by atoms with Gasteiger partial charge in [0.2, 0.25) is 0 Å². The van der Waals surface area contributed by atoms with Crippen molar-refractivity contribution in [2.45, 2.75) is 32.7 Å². The molecule has 0 fully saturated rings. The molecule has 0 saturated carbocycles. The maximum atomic E-state index is 13.6. The lowest BCUT2D eigenvalue weighted by atomic mass is 10.1. The van der Waals surface area contributed by atoms with Crippen LogP contribution in [0.1, 0.15) is 35.7 Å². The summed E-state index contributed by atoms with van der Waals surface area (Å²) < 4.78 is 13.6. The van der Waals surface area contributed by atoms with Crippen LogP contribution in [0.5, 0.6) is 0 Å². The number of amidine groups is 1. The SMILES string of the molecule is CCC(CC(N)=NO)NC(=O)c1ccc(C)cc1F. The Labute approximate surface area is 111 Å². The minimum atomic E-state index is -0.559. The first-order chi connectivity index (χ1) is 8.97. The predicted molar refractivity (Wildman–Crippen MR) is 70.7 cm³/mol. The summed E-state index contributed by atoms with van der Waals surface area (Å²) in [6, 6.07) is 4.11. The van der Waals surface area contributed by atoms with Crippen molar-refractivity contribution < 1.29 is 14.4 Å². The molecule has 19 heavy (non-hydrogen) atoms. The van der Waals surface area contributed by atoms with Crippen LogP contribution in [0.2, 0.25) is 0 Å². The van der Waals surface area contributed by atoms with Crippen molar-refractivity contribution in [3.63, 3.8) is 0 Å². The van der Waals surface area contributed by atoms with Crippen LogP contribution in [-0.2, 0) is 0 Å². The largest absolute Gasteiger partial charge is 0.409 e. The van der Waals surface area contributed by atoms with E-state index in [1.54, 1.807) is 13.0 Å². The zero-order valence-electron chi connectivity index (χ0n) is 11.0. The number of benzene rings is 1. The molecule has 1 atom stereocenters. The third-order valence-electron chi connectivity index (χ3n) is 2.78. The van der Waals surface area contributed by atoms with Crippen LogP contribution >= 0.6 is 0 Å². The van der Waals surface area contributed by atoms with Gasteiger partial charge in [0.1, 0.15) is 11.7 Å². The first-order valence-corrected chi connectivity index (χ1v) is 6.01. The van der Waals surface area contributed by atoms with Crippen molar-refractivity contribution in [2.24, 2.45) is 10.9 Å². The highest BCUT2D eigenvalue weighted by atomic mass is 19.1. The van der Waals surface area contributed by atoms with Crippen molar-refractivity contribution in [3.05, 3.63) is 35.1 Å². The summed E-state index contributed by atoms with van der Waals surface area (Å²) in [5, 5.41) is 14.0. The molecular formula is C13H18FN3O2. The molecule has 0 saturated heterocycles. The number of halogens is 1. The first kappa shape index (κ1) is 14.9. The normalized spacial score (nSPS) is 13.1. The van der Waals surface area contributed by atoms with Crippen molar-refractivity contribution in [1.82, 2.24) is 5.32 Å². The molecule has 104 valence electrons. The molecule has 1 rings (SSSR count). The average Bonchev–Trinajstić information content (AvgIpc) is 2.37. The van der Waals surface area contributed by atoms with Gasteiger partial charge in [0.15, 0.2) is 0 Å². The molecule has 0 aliphatic heterocycles. The molecule has 0 aromatic heterocycles. The van der Waals surface area contributed by atoms with Crippen LogP contribution in [0.4, 0.5) is 4.39 Å². The molecule has 0 heterocycles. The van der Waals surface area contributed by atoms with E-state index in [1.807, 2.05) is 6.92 Å². The number of oxime groups is 1. The third kappa shape index (κ3) is 4.24. The molecular weight excluding hydrogens is 249 g/mol. The van der Waals surface area contributed by atoms with E-state index in [9.17, 15) is 9.18 Å². The van der Waals surface area contributed by atoms with Gasteiger partial charge in [-0.1, -0.05) is 18.1 Å². The summed E-state index contributed by atoms with van der Waals surface area (Å²) >= 11 is 0. The standard InChI is InChI=1S/C13H18FN3O2/c1-3-9(7-12(15)17-19)16-13(18)10-5-4-8(2)6-11(10)14/h4-6,9,19H,3,7H2,1-2H3,(H2,15,17)(H,16,18).